The van der Waals surface area contributed by atoms with Gasteiger partial charge in [-0.2, -0.15) is 10.4 Å². The molecule has 16 heavy (non-hydrogen) atoms. The molecule has 4 nitrogen and oxygen atoms in total. The molecular formula is C11H9N3OS. The van der Waals surface area contributed by atoms with Crippen molar-refractivity contribution in [2.45, 2.75) is 11.9 Å². The van der Waals surface area contributed by atoms with Gasteiger partial charge in [0, 0.05) is 6.20 Å². The zero-order chi connectivity index (χ0) is 11.5. The molecule has 0 spiro atoms. The monoisotopic (exact) mass is 231 g/mol. The highest BCUT2D eigenvalue weighted by atomic mass is 32.2. The summed E-state index contributed by atoms with van der Waals surface area (Å²) in [4.78, 5) is 10.9. The van der Waals surface area contributed by atoms with Crippen LogP contribution in [0.4, 0.5) is 0 Å². The fraction of sp³-hybridized carbons (Fsp3) is 0.182. The van der Waals surface area contributed by atoms with Crippen LogP contribution in [0.25, 0.3) is 5.52 Å². The molecule has 0 unspecified atom stereocenters. The van der Waals surface area contributed by atoms with Gasteiger partial charge in [0.25, 0.3) is 0 Å². The van der Waals surface area contributed by atoms with Crippen LogP contribution >= 0.6 is 11.8 Å². The lowest BCUT2D eigenvalue weighted by Crippen LogP contribution is -1.93. The molecule has 0 aromatic carbocycles. The van der Waals surface area contributed by atoms with Crippen molar-refractivity contribution >= 4 is 23.1 Å². The van der Waals surface area contributed by atoms with E-state index in [-0.39, 0.29) is 5.78 Å². The molecule has 0 fully saturated rings. The van der Waals surface area contributed by atoms with Gasteiger partial charge in [0.2, 0.25) is 0 Å². The van der Waals surface area contributed by atoms with Crippen LogP contribution in [0.3, 0.4) is 0 Å². The maximum Gasteiger partial charge on any atom is 0.140 e. The Morgan fingerprint density at radius 2 is 2.44 bits per heavy atom. The Kier molecular flexibility index (Phi) is 2.93. The number of hydrogen-bond donors (Lipinski definition) is 0. The molecule has 2 rings (SSSR count). The molecule has 2 heterocycles. The lowest BCUT2D eigenvalue weighted by Gasteiger charge is -1.92. The van der Waals surface area contributed by atoms with Crippen LogP contribution in [-0.2, 0) is 4.79 Å². The molecule has 0 radical (unpaired) electrons. The van der Waals surface area contributed by atoms with Crippen LogP contribution in [0.1, 0.15) is 12.5 Å². The molecule has 5 heteroatoms. The Morgan fingerprint density at radius 1 is 1.62 bits per heavy atom. The number of fused-ring (bicyclic) bond motifs is 1. The Balaban J connectivity index is 2.45. The molecule has 0 bridgehead atoms. The van der Waals surface area contributed by atoms with Gasteiger partial charge >= 0.3 is 0 Å². The molecule has 0 aliphatic heterocycles. The third-order valence-electron chi connectivity index (χ3n) is 2.03. The first-order chi connectivity index (χ1) is 7.72. The van der Waals surface area contributed by atoms with Crippen molar-refractivity contribution in [3.05, 3.63) is 30.0 Å². The van der Waals surface area contributed by atoms with E-state index in [1.54, 1.807) is 10.7 Å². The first-order valence-electron chi connectivity index (χ1n) is 4.72. The van der Waals surface area contributed by atoms with Crippen LogP contribution in [-0.4, -0.2) is 21.2 Å². The van der Waals surface area contributed by atoms with Gasteiger partial charge in [0.1, 0.15) is 22.4 Å². The molecule has 0 aliphatic carbocycles. The highest BCUT2D eigenvalue weighted by molar-refractivity contribution is 8.00. The number of rotatable bonds is 3. The zero-order valence-corrected chi connectivity index (χ0v) is 9.49. The molecule has 2 aromatic heterocycles. The number of carbonyl (C=O) groups is 1. The van der Waals surface area contributed by atoms with Crippen molar-refractivity contribution in [2.24, 2.45) is 0 Å². The average molecular weight is 231 g/mol. The van der Waals surface area contributed by atoms with Gasteiger partial charge in [-0.3, -0.25) is 4.79 Å². The summed E-state index contributed by atoms with van der Waals surface area (Å²) in [6, 6.07) is 7.67. The lowest BCUT2D eigenvalue weighted by molar-refractivity contribution is -0.114. The van der Waals surface area contributed by atoms with E-state index in [2.05, 4.69) is 11.2 Å². The molecule has 0 N–H and O–H groups in total. The van der Waals surface area contributed by atoms with E-state index in [0.29, 0.717) is 16.3 Å². The smallest absolute Gasteiger partial charge is 0.140 e. The highest BCUT2D eigenvalue weighted by Gasteiger charge is 2.12. The third-order valence-corrected chi connectivity index (χ3v) is 3.14. The summed E-state index contributed by atoms with van der Waals surface area (Å²) in [7, 11) is 0. The van der Waals surface area contributed by atoms with E-state index >= 15 is 0 Å². The number of nitrogens with zero attached hydrogens (tertiary/aromatic N) is 3. The maximum absolute atomic E-state index is 10.9. The predicted octanol–water partition coefficient (Wildman–Crippen LogP) is 1.89. The Bertz CT molecular complexity index is 582. The van der Waals surface area contributed by atoms with Gasteiger partial charge < -0.3 is 0 Å². The number of nitriles is 1. The van der Waals surface area contributed by atoms with E-state index in [0.717, 1.165) is 5.52 Å². The number of aromatic nitrogens is 2. The Morgan fingerprint density at radius 3 is 3.12 bits per heavy atom. The second kappa shape index (κ2) is 4.37. The summed E-state index contributed by atoms with van der Waals surface area (Å²) in [5.41, 5.74) is 1.31. The minimum absolute atomic E-state index is 0.0749. The van der Waals surface area contributed by atoms with E-state index in [1.165, 1.54) is 18.7 Å². The second-order valence-corrected chi connectivity index (χ2v) is 4.28. The summed E-state index contributed by atoms with van der Waals surface area (Å²) >= 11 is 1.30. The summed E-state index contributed by atoms with van der Waals surface area (Å²) in [6.07, 6.45) is 1.79. The molecule has 0 saturated heterocycles. The molecule has 0 amide bonds. The van der Waals surface area contributed by atoms with Gasteiger partial charge in [-0.25, -0.2) is 4.52 Å². The normalized spacial score (nSPS) is 10.2. The van der Waals surface area contributed by atoms with Crippen LogP contribution in [0, 0.1) is 11.3 Å². The van der Waals surface area contributed by atoms with E-state index < -0.39 is 0 Å². The van der Waals surface area contributed by atoms with E-state index in [1.807, 2.05) is 18.2 Å². The lowest BCUT2D eigenvalue weighted by atomic mass is 10.3. The van der Waals surface area contributed by atoms with Crippen LogP contribution in [0.15, 0.2) is 29.4 Å². The Hall–Kier alpha value is -1.80. The van der Waals surface area contributed by atoms with E-state index in [9.17, 15) is 4.79 Å². The Labute approximate surface area is 96.9 Å². The molecule has 0 saturated carbocycles. The largest absolute Gasteiger partial charge is 0.299 e. The molecule has 0 atom stereocenters. The van der Waals surface area contributed by atoms with Crippen molar-refractivity contribution in [1.82, 2.24) is 9.61 Å². The topological polar surface area (TPSA) is 58.2 Å². The van der Waals surface area contributed by atoms with Crippen molar-refractivity contribution in [3.8, 4) is 6.07 Å². The number of pyridine rings is 1. The van der Waals surface area contributed by atoms with Gasteiger partial charge in [0.05, 0.1) is 11.3 Å². The van der Waals surface area contributed by atoms with Crippen LogP contribution in [0.2, 0.25) is 0 Å². The maximum atomic E-state index is 10.9. The SMILES string of the molecule is CC(=O)CSc1nn2ccccc2c1C#N. The summed E-state index contributed by atoms with van der Waals surface area (Å²) in [5, 5.41) is 13.9. The van der Waals surface area contributed by atoms with E-state index in [4.69, 9.17) is 5.26 Å². The molecule has 0 aliphatic rings. The number of hydrogen-bond acceptors (Lipinski definition) is 4. The van der Waals surface area contributed by atoms with Gasteiger partial charge in [0.15, 0.2) is 0 Å². The summed E-state index contributed by atoms with van der Waals surface area (Å²) < 4.78 is 1.65. The fourth-order valence-electron chi connectivity index (χ4n) is 1.35. The molecule has 80 valence electrons. The van der Waals surface area contributed by atoms with Crippen molar-refractivity contribution < 1.29 is 4.79 Å². The fourth-order valence-corrected chi connectivity index (χ4v) is 2.13. The average Bonchev–Trinajstić information content (AvgIpc) is 2.63. The third kappa shape index (κ3) is 1.92. The van der Waals surface area contributed by atoms with Gasteiger partial charge in [-0.15, -0.1) is 0 Å². The van der Waals surface area contributed by atoms with Crippen LogP contribution in [0.5, 0.6) is 0 Å². The highest BCUT2D eigenvalue weighted by Crippen LogP contribution is 2.24. The first-order valence-corrected chi connectivity index (χ1v) is 5.70. The number of thioether (sulfide) groups is 1. The number of ketones is 1. The number of Topliss-reactive ketones (excluding diaryl/α,β-unsaturated/α-hetero) is 1. The van der Waals surface area contributed by atoms with Crippen molar-refractivity contribution in [2.75, 3.05) is 5.75 Å². The number of carbonyl (C=O) groups excluding carboxylic acids is 1. The van der Waals surface area contributed by atoms with Crippen LogP contribution < -0.4 is 0 Å². The quantitative estimate of drug-likeness (QED) is 0.757. The van der Waals surface area contributed by atoms with Gasteiger partial charge in [-0.05, 0) is 19.1 Å². The minimum Gasteiger partial charge on any atom is -0.299 e. The van der Waals surface area contributed by atoms with Crippen molar-refractivity contribution in [1.29, 1.82) is 5.26 Å². The second-order valence-electron chi connectivity index (χ2n) is 3.31. The molecule has 2 aromatic rings. The van der Waals surface area contributed by atoms with Crippen molar-refractivity contribution in [3.63, 3.8) is 0 Å². The predicted molar refractivity (Wildman–Crippen MR) is 61.3 cm³/mol. The van der Waals surface area contributed by atoms with Gasteiger partial charge in [-0.1, -0.05) is 17.8 Å². The molecular weight excluding hydrogens is 222 g/mol. The first kappa shape index (κ1) is 10.7. The summed E-state index contributed by atoms with van der Waals surface area (Å²) in [5.74, 6) is 0.421. The minimum atomic E-state index is 0.0749. The zero-order valence-electron chi connectivity index (χ0n) is 8.67. The standard InChI is InChI=1S/C11H9N3OS/c1-8(15)7-16-11-9(6-12)10-4-2-3-5-14(10)13-11/h2-5H,7H2,1H3. The summed E-state index contributed by atoms with van der Waals surface area (Å²) in [6.45, 7) is 1.52.